The van der Waals surface area contributed by atoms with Crippen molar-refractivity contribution in [3.8, 4) is 5.75 Å². The zero-order valence-corrected chi connectivity index (χ0v) is 18.2. The Labute approximate surface area is 189 Å². The summed E-state index contributed by atoms with van der Waals surface area (Å²) in [6.45, 7) is 3.59. The molecule has 4 rings (SSSR count). The Morgan fingerprint density at radius 1 is 0.906 bits per heavy atom. The Balaban J connectivity index is 1.18. The maximum atomic E-state index is 11.0. The number of benzene rings is 3. The van der Waals surface area contributed by atoms with Crippen LogP contribution in [0.5, 0.6) is 5.75 Å². The SMILES string of the molecule is O=C(O)c1ccc(CN2CCC(Nc3ccc(OCCc4ccccc4)cc3)CC2)cc1. The van der Waals surface area contributed by atoms with Gasteiger partial charge in [-0.3, -0.25) is 4.90 Å². The molecule has 1 saturated heterocycles. The Bertz CT molecular complexity index is 980. The zero-order chi connectivity index (χ0) is 22.2. The number of nitrogens with zero attached hydrogens (tertiary/aromatic N) is 1. The fraction of sp³-hybridized carbons (Fsp3) is 0.296. The molecule has 0 radical (unpaired) electrons. The third kappa shape index (κ3) is 6.34. The number of likely N-dealkylation sites (tertiary alicyclic amines) is 1. The van der Waals surface area contributed by atoms with Gasteiger partial charge in [-0.05, 0) is 60.4 Å². The fourth-order valence-electron chi connectivity index (χ4n) is 4.06. The highest BCUT2D eigenvalue weighted by Gasteiger charge is 2.19. The zero-order valence-electron chi connectivity index (χ0n) is 18.2. The first-order valence-electron chi connectivity index (χ1n) is 11.2. The predicted octanol–water partition coefficient (Wildman–Crippen LogP) is 5.08. The first-order chi connectivity index (χ1) is 15.7. The standard InChI is InChI=1S/C27H30N2O3/c30-27(31)23-8-6-22(7-9-23)20-29-17-14-25(15-18-29)28-24-10-12-26(13-11-24)32-19-16-21-4-2-1-3-5-21/h1-13,25,28H,14-20H2,(H,30,31). The van der Waals surface area contributed by atoms with Crippen molar-refractivity contribution in [3.05, 3.63) is 95.6 Å². The van der Waals surface area contributed by atoms with Crippen LogP contribution in [0.2, 0.25) is 0 Å². The van der Waals surface area contributed by atoms with Gasteiger partial charge in [0.15, 0.2) is 0 Å². The molecule has 2 N–H and O–H groups in total. The van der Waals surface area contributed by atoms with Crippen molar-refractivity contribution in [2.75, 3.05) is 25.0 Å². The van der Waals surface area contributed by atoms with Gasteiger partial charge in [0, 0.05) is 37.8 Å². The monoisotopic (exact) mass is 430 g/mol. The fourth-order valence-corrected chi connectivity index (χ4v) is 4.06. The van der Waals surface area contributed by atoms with Crippen molar-refractivity contribution in [3.63, 3.8) is 0 Å². The summed E-state index contributed by atoms with van der Waals surface area (Å²) < 4.78 is 5.88. The summed E-state index contributed by atoms with van der Waals surface area (Å²) >= 11 is 0. The molecule has 0 amide bonds. The van der Waals surface area contributed by atoms with Crippen LogP contribution in [0.4, 0.5) is 5.69 Å². The molecule has 0 unspecified atom stereocenters. The van der Waals surface area contributed by atoms with Gasteiger partial charge in [-0.25, -0.2) is 4.79 Å². The molecule has 0 aromatic heterocycles. The van der Waals surface area contributed by atoms with E-state index in [1.54, 1.807) is 12.1 Å². The number of hydrogen-bond donors (Lipinski definition) is 2. The number of hydrogen-bond acceptors (Lipinski definition) is 4. The number of nitrogens with one attached hydrogen (secondary N) is 1. The average Bonchev–Trinajstić information content (AvgIpc) is 2.82. The molecule has 166 valence electrons. The number of ether oxygens (including phenoxy) is 1. The minimum absolute atomic E-state index is 0.337. The number of carboxylic acid groups (broad SMARTS) is 1. The van der Waals surface area contributed by atoms with E-state index >= 15 is 0 Å². The van der Waals surface area contributed by atoms with Crippen molar-refractivity contribution in [2.24, 2.45) is 0 Å². The van der Waals surface area contributed by atoms with E-state index in [4.69, 9.17) is 9.84 Å². The average molecular weight is 431 g/mol. The van der Waals surface area contributed by atoms with Gasteiger partial charge >= 0.3 is 5.97 Å². The number of carbonyl (C=O) groups is 1. The van der Waals surface area contributed by atoms with Crippen LogP contribution in [-0.4, -0.2) is 41.7 Å². The van der Waals surface area contributed by atoms with Crippen molar-refractivity contribution < 1.29 is 14.6 Å². The minimum Gasteiger partial charge on any atom is -0.493 e. The first kappa shape index (κ1) is 21.9. The van der Waals surface area contributed by atoms with Crippen LogP contribution in [0.3, 0.4) is 0 Å². The highest BCUT2D eigenvalue weighted by atomic mass is 16.5. The van der Waals surface area contributed by atoms with Gasteiger partial charge in [-0.15, -0.1) is 0 Å². The molecule has 1 aliphatic rings. The van der Waals surface area contributed by atoms with Gasteiger partial charge in [0.1, 0.15) is 5.75 Å². The number of aromatic carboxylic acids is 1. The van der Waals surface area contributed by atoms with Gasteiger partial charge in [-0.1, -0.05) is 42.5 Å². The summed E-state index contributed by atoms with van der Waals surface area (Å²) in [5.74, 6) is 0.0189. The molecule has 0 saturated carbocycles. The van der Waals surface area contributed by atoms with E-state index in [1.807, 2.05) is 30.3 Å². The van der Waals surface area contributed by atoms with Crippen LogP contribution in [0.1, 0.15) is 34.3 Å². The summed E-state index contributed by atoms with van der Waals surface area (Å²) in [4.78, 5) is 13.4. The Morgan fingerprint density at radius 3 is 2.25 bits per heavy atom. The normalized spacial score (nSPS) is 14.8. The maximum Gasteiger partial charge on any atom is 0.335 e. The van der Waals surface area contributed by atoms with Crippen LogP contribution in [0.15, 0.2) is 78.9 Å². The van der Waals surface area contributed by atoms with Crippen molar-refractivity contribution >= 4 is 11.7 Å². The molecular formula is C27H30N2O3. The van der Waals surface area contributed by atoms with Crippen LogP contribution in [-0.2, 0) is 13.0 Å². The molecule has 5 heteroatoms. The molecular weight excluding hydrogens is 400 g/mol. The van der Waals surface area contributed by atoms with Crippen molar-refractivity contribution in [2.45, 2.75) is 31.8 Å². The van der Waals surface area contributed by atoms with Gasteiger partial charge < -0.3 is 15.2 Å². The lowest BCUT2D eigenvalue weighted by Gasteiger charge is -2.33. The largest absolute Gasteiger partial charge is 0.493 e. The van der Waals surface area contributed by atoms with Gasteiger partial charge in [-0.2, -0.15) is 0 Å². The van der Waals surface area contributed by atoms with Crippen molar-refractivity contribution in [1.82, 2.24) is 4.90 Å². The van der Waals surface area contributed by atoms with Crippen molar-refractivity contribution in [1.29, 1.82) is 0 Å². The molecule has 0 atom stereocenters. The molecule has 1 heterocycles. The molecule has 3 aromatic rings. The van der Waals surface area contributed by atoms with Crippen LogP contribution >= 0.6 is 0 Å². The van der Waals surface area contributed by atoms with Crippen LogP contribution in [0, 0.1) is 0 Å². The smallest absolute Gasteiger partial charge is 0.335 e. The Kier molecular flexibility index (Phi) is 7.41. The van der Waals surface area contributed by atoms with E-state index in [9.17, 15) is 4.79 Å². The number of anilines is 1. The third-order valence-electron chi connectivity index (χ3n) is 5.92. The second-order valence-electron chi connectivity index (χ2n) is 8.31. The van der Waals surface area contributed by atoms with Gasteiger partial charge in [0.2, 0.25) is 0 Å². The molecule has 0 spiro atoms. The lowest BCUT2D eigenvalue weighted by molar-refractivity contribution is 0.0697. The second-order valence-corrected chi connectivity index (χ2v) is 8.31. The third-order valence-corrected chi connectivity index (χ3v) is 5.92. The molecule has 5 nitrogen and oxygen atoms in total. The summed E-state index contributed by atoms with van der Waals surface area (Å²) in [5, 5.41) is 12.7. The second kappa shape index (κ2) is 10.8. The molecule has 0 bridgehead atoms. The minimum atomic E-state index is -0.879. The maximum absolute atomic E-state index is 11.0. The molecule has 3 aromatic carbocycles. The van der Waals surface area contributed by atoms with E-state index < -0.39 is 5.97 Å². The van der Waals surface area contributed by atoms with E-state index in [0.717, 1.165) is 55.9 Å². The Hall–Kier alpha value is -3.31. The van der Waals surface area contributed by atoms with Gasteiger partial charge in [0.05, 0.1) is 12.2 Å². The van der Waals surface area contributed by atoms with E-state index in [2.05, 4.69) is 46.6 Å². The quantitative estimate of drug-likeness (QED) is 0.496. The summed E-state index contributed by atoms with van der Waals surface area (Å²) in [7, 11) is 0. The highest BCUT2D eigenvalue weighted by molar-refractivity contribution is 5.87. The summed E-state index contributed by atoms with van der Waals surface area (Å²) in [6.07, 6.45) is 3.08. The van der Waals surface area contributed by atoms with Crippen LogP contribution in [0.25, 0.3) is 0 Å². The molecule has 32 heavy (non-hydrogen) atoms. The van der Waals surface area contributed by atoms with E-state index in [0.29, 0.717) is 18.2 Å². The Morgan fingerprint density at radius 2 is 1.59 bits per heavy atom. The van der Waals surface area contributed by atoms with Gasteiger partial charge in [0.25, 0.3) is 0 Å². The van der Waals surface area contributed by atoms with E-state index in [-0.39, 0.29) is 0 Å². The topological polar surface area (TPSA) is 61.8 Å². The number of rotatable bonds is 9. The lowest BCUT2D eigenvalue weighted by Crippen LogP contribution is -2.38. The number of piperidine rings is 1. The summed E-state index contributed by atoms with van der Waals surface area (Å²) in [5.41, 5.74) is 3.91. The molecule has 1 fully saturated rings. The lowest BCUT2D eigenvalue weighted by atomic mass is 10.0. The predicted molar refractivity (Wildman–Crippen MR) is 127 cm³/mol. The first-order valence-corrected chi connectivity index (χ1v) is 11.2. The van der Waals surface area contributed by atoms with E-state index in [1.165, 1.54) is 5.56 Å². The molecule has 0 aliphatic carbocycles. The summed E-state index contributed by atoms with van der Waals surface area (Å²) in [6, 6.07) is 26.3. The number of carboxylic acids is 1. The van der Waals surface area contributed by atoms with Crippen LogP contribution < -0.4 is 10.1 Å². The molecule has 1 aliphatic heterocycles. The highest BCUT2D eigenvalue weighted by Crippen LogP contribution is 2.21.